The number of phosphoric acid groups is 1. The van der Waals surface area contributed by atoms with Crippen LogP contribution in [0, 0.1) is 0 Å². The first-order valence-corrected chi connectivity index (χ1v) is 24.8. The Balaban J connectivity index is 3.90. The molecular weight excluding hydrogens is 723 g/mol. The molecule has 56 heavy (non-hydrogen) atoms. The van der Waals surface area contributed by atoms with E-state index in [1.54, 1.807) is 0 Å². The quantitative estimate of drug-likeness (QED) is 0.0270. The maximum absolute atomic E-state index is 12.4. The van der Waals surface area contributed by atoms with Gasteiger partial charge in [0, 0.05) is 12.8 Å². The van der Waals surface area contributed by atoms with Crippen molar-refractivity contribution in [3.8, 4) is 0 Å². The number of rotatable bonds is 43. The van der Waals surface area contributed by atoms with Crippen LogP contribution >= 0.6 is 7.82 Å². The lowest BCUT2D eigenvalue weighted by Crippen LogP contribution is -2.29. The summed E-state index contributed by atoms with van der Waals surface area (Å²) in [6, 6.07) is 0. The first-order chi connectivity index (χ1) is 27.3. The molecule has 0 unspecified atom stereocenters. The third-order valence-corrected chi connectivity index (χ3v) is 10.6. The molecule has 0 aromatic heterocycles. The smallest absolute Gasteiger partial charge is 0.462 e. The Labute approximate surface area is 344 Å². The van der Waals surface area contributed by atoms with Gasteiger partial charge in [0.25, 0.3) is 0 Å². The third kappa shape index (κ3) is 45.0. The highest BCUT2D eigenvalue weighted by atomic mass is 31.2. The van der Waals surface area contributed by atoms with E-state index >= 15 is 0 Å². The monoisotopic (exact) mass is 811 g/mol. The number of carbonyl (C=O) groups is 2. The van der Waals surface area contributed by atoms with Crippen molar-refractivity contribution in [1.82, 2.24) is 0 Å². The van der Waals surface area contributed by atoms with Crippen molar-refractivity contribution < 1.29 is 37.9 Å². The molecule has 0 fully saturated rings. The molecule has 0 rings (SSSR count). The molecule has 0 aliphatic rings. The zero-order valence-electron chi connectivity index (χ0n) is 36.3. The molecule has 0 aliphatic carbocycles. The van der Waals surface area contributed by atoms with Crippen molar-refractivity contribution in [3.63, 3.8) is 0 Å². The molecule has 0 aromatic rings. The molecule has 328 valence electrons. The molecular formula is C47H87O8P. The fraction of sp³-hybridized carbons (Fsp3) is 0.830. The maximum atomic E-state index is 12.4. The van der Waals surface area contributed by atoms with Gasteiger partial charge in [-0.15, -0.1) is 0 Å². The largest absolute Gasteiger partial charge is 0.469 e. The minimum Gasteiger partial charge on any atom is -0.462 e. The third-order valence-electron chi connectivity index (χ3n) is 10.1. The molecule has 9 heteroatoms. The van der Waals surface area contributed by atoms with Crippen LogP contribution in [0.2, 0.25) is 0 Å². The number of unbranched alkanes of at least 4 members (excludes halogenated alkanes) is 27. The van der Waals surface area contributed by atoms with Crippen LogP contribution in [0.25, 0.3) is 0 Å². The Morgan fingerprint density at radius 3 is 1.20 bits per heavy atom. The lowest BCUT2D eigenvalue weighted by Gasteiger charge is -2.18. The van der Waals surface area contributed by atoms with E-state index in [-0.39, 0.29) is 19.4 Å². The average Bonchev–Trinajstić information content (AvgIpc) is 3.17. The van der Waals surface area contributed by atoms with Gasteiger partial charge in [-0.3, -0.25) is 14.1 Å². The Morgan fingerprint density at radius 2 is 0.786 bits per heavy atom. The highest BCUT2D eigenvalue weighted by Gasteiger charge is 2.22. The highest BCUT2D eigenvalue weighted by molar-refractivity contribution is 7.46. The average molecular weight is 811 g/mol. The van der Waals surface area contributed by atoms with Crippen molar-refractivity contribution in [1.29, 1.82) is 0 Å². The second kappa shape index (κ2) is 42.9. The van der Waals surface area contributed by atoms with Gasteiger partial charge >= 0.3 is 19.8 Å². The molecule has 2 N–H and O–H groups in total. The van der Waals surface area contributed by atoms with Crippen LogP contribution < -0.4 is 0 Å². The predicted octanol–water partition coefficient (Wildman–Crippen LogP) is 14.5. The summed E-state index contributed by atoms with van der Waals surface area (Å²) in [4.78, 5) is 42.9. The van der Waals surface area contributed by atoms with E-state index in [9.17, 15) is 14.2 Å². The lowest BCUT2D eigenvalue weighted by molar-refractivity contribution is -0.161. The minimum absolute atomic E-state index is 0.195. The molecule has 0 spiro atoms. The van der Waals surface area contributed by atoms with Gasteiger partial charge in [-0.25, -0.2) is 4.57 Å². The lowest BCUT2D eigenvalue weighted by atomic mass is 10.0. The molecule has 1 atom stereocenters. The normalized spacial score (nSPS) is 12.7. The number of ether oxygens (including phenoxy) is 2. The molecule has 0 saturated heterocycles. The van der Waals surface area contributed by atoms with Gasteiger partial charge in [-0.1, -0.05) is 185 Å². The Bertz CT molecular complexity index is 1000. The summed E-state index contributed by atoms with van der Waals surface area (Å²) >= 11 is 0. The topological polar surface area (TPSA) is 119 Å². The second-order valence-electron chi connectivity index (χ2n) is 15.7. The molecule has 0 radical (unpaired) electrons. The van der Waals surface area contributed by atoms with Gasteiger partial charge in [0.2, 0.25) is 0 Å². The van der Waals surface area contributed by atoms with Gasteiger partial charge in [0.15, 0.2) is 6.10 Å². The summed E-state index contributed by atoms with van der Waals surface area (Å²) in [7, 11) is -4.77. The van der Waals surface area contributed by atoms with E-state index in [0.717, 1.165) is 57.8 Å². The molecule has 0 bridgehead atoms. The molecule has 0 aromatic carbocycles. The van der Waals surface area contributed by atoms with Crippen molar-refractivity contribution in [2.45, 2.75) is 238 Å². The number of allylic oxidation sites excluding steroid dienone is 6. The van der Waals surface area contributed by atoms with Crippen molar-refractivity contribution >= 4 is 19.8 Å². The number of carbonyl (C=O) groups excluding carboxylic acids is 2. The van der Waals surface area contributed by atoms with Crippen molar-refractivity contribution in [3.05, 3.63) is 36.5 Å². The molecule has 0 aliphatic heterocycles. The SMILES string of the molecule is CCCCCCCC/C=C/CCCCCCCC(=O)O[C@H](COC(=O)CCC/C=C/CC/C=C/CCCCCCCCCCCCCCCC)COP(=O)(O)O. The van der Waals surface area contributed by atoms with Crippen LogP contribution in [-0.4, -0.2) is 41.0 Å². The summed E-state index contributed by atoms with van der Waals surface area (Å²) < 4.78 is 26.4. The predicted molar refractivity (Wildman–Crippen MR) is 235 cm³/mol. The van der Waals surface area contributed by atoms with Crippen molar-refractivity contribution in [2.24, 2.45) is 0 Å². The molecule has 0 heterocycles. The van der Waals surface area contributed by atoms with Crippen LogP contribution in [0.15, 0.2) is 36.5 Å². The zero-order chi connectivity index (χ0) is 41.1. The Kier molecular flexibility index (Phi) is 41.5. The van der Waals surface area contributed by atoms with Crippen molar-refractivity contribution in [2.75, 3.05) is 13.2 Å². The molecule has 0 saturated carbocycles. The van der Waals surface area contributed by atoms with E-state index in [4.69, 9.17) is 19.3 Å². The van der Waals surface area contributed by atoms with Crippen LogP contribution in [-0.2, 0) is 28.2 Å². The Morgan fingerprint density at radius 1 is 0.446 bits per heavy atom. The first kappa shape index (κ1) is 54.3. The highest BCUT2D eigenvalue weighted by Crippen LogP contribution is 2.36. The van der Waals surface area contributed by atoms with Gasteiger partial charge in [0.1, 0.15) is 6.61 Å². The van der Waals surface area contributed by atoms with Gasteiger partial charge < -0.3 is 19.3 Å². The number of hydrogen-bond acceptors (Lipinski definition) is 6. The van der Waals surface area contributed by atoms with E-state index in [1.165, 1.54) is 135 Å². The molecule has 0 amide bonds. The standard InChI is InChI=1S/C47H87O8P/c1-3-5-7-9-11-13-15-17-19-20-21-22-23-24-25-26-28-29-31-33-35-37-39-41-46(48)53-43-45(44-54-56(50,51)52)55-47(49)42-40-38-36-34-32-30-27-18-16-14-12-10-8-6-4-2/h18,26-28,33,35,45H,3-17,19-25,29-32,34,36-44H2,1-2H3,(H2,50,51,52)/b27-18+,28-26+,35-33+/t45-/m1/s1. The summed E-state index contributed by atoms with van der Waals surface area (Å²) in [5.41, 5.74) is 0. The van der Waals surface area contributed by atoms with E-state index in [2.05, 4.69) is 54.8 Å². The maximum Gasteiger partial charge on any atom is 0.469 e. The number of esters is 2. The Hall–Kier alpha value is -1.73. The van der Waals surface area contributed by atoms with E-state index in [1.807, 2.05) is 0 Å². The van der Waals surface area contributed by atoms with Crippen LogP contribution in [0.3, 0.4) is 0 Å². The summed E-state index contributed by atoms with van der Waals surface area (Å²) in [6.45, 7) is 3.66. The second-order valence-corrected chi connectivity index (χ2v) is 17.0. The summed E-state index contributed by atoms with van der Waals surface area (Å²) in [5, 5.41) is 0. The van der Waals surface area contributed by atoms with E-state index in [0.29, 0.717) is 12.8 Å². The fourth-order valence-corrected chi connectivity index (χ4v) is 6.98. The summed E-state index contributed by atoms with van der Waals surface area (Å²) in [6.07, 6.45) is 51.7. The number of phosphoric ester groups is 1. The number of hydrogen-bond donors (Lipinski definition) is 2. The fourth-order valence-electron chi connectivity index (χ4n) is 6.62. The van der Waals surface area contributed by atoms with Crippen LogP contribution in [0.4, 0.5) is 0 Å². The van der Waals surface area contributed by atoms with E-state index < -0.39 is 32.5 Å². The van der Waals surface area contributed by atoms with Gasteiger partial charge in [-0.05, 0) is 70.6 Å². The zero-order valence-corrected chi connectivity index (χ0v) is 37.2. The van der Waals surface area contributed by atoms with Crippen LogP contribution in [0.5, 0.6) is 0 Å². The molecule has 8 nitrogen and oxygen atoms in total. The first-order valence-electron chi connectivity index (χ1n) is 23.3. The van der Waals surface area contributed by atoms with Gasteiger partial charge in [0.05, 0.1) is 6.61 Å². The minimum atomic E-state index is -4.77. The van der Waals surface area contributed by atoms with Gasteiger partial charge in [-0.2, -0.15) is 0 Å². The summed E-state index contributed by atoms with van der Waals surface area (Å²) in [5.74, 6) is -0.938. The van der Waals surface area contributed by atoms with Crippen LogP contribution in [0.1, 0.15) is 232 Å².